The highest BCUT2D eigenvalue weighted by Gasteiger charge is 2.07. The van der Waals surface area contributed by atoms with Gasteiger partial charge < -0.3 is 0 Å². The van der Waals surface area contributed by atoms with Crippen molar-refractivity contribution < 1.29 is 0 Å². The van der Waals surface area contributed by atoms with Gasteiger partial charge in [-0.1, -0.05) is 76.3 Å². The summed E-state index contributed by atoms with van der Waals surface area (Å²) in [6.45, 7) is 10.5. The molecule has 0 amide bonds. The Labute approximate surface area is 101 Å². The zero-order valence-corrected chi connectivity index (χ0v) is 11.1. The van der Waals surface area contributed by atoms with Crippen LogP contribution in [0.1, 0.15) is 46.5 Å². The molecule has 0 nitrogen and oxygen atoms in total. The van der Waals surface area contributed by atoms with Gasteiger partial charge in [-0.25, -0.2) is 0 Å². The average molecular weight is 218 g/mol. The molecule has 0 aliphatic rings. The van der Waals surface area contributed by atoms with Crippen LogP contribution in [0, 0.1) is 5.41 Å². The lowest BCUT2D eigenvalue weighted by Crippen LogP contribution is -2.03. The van der Waals surface area contributed by atoms with E-state index in [1.807, 2.05) is 18.2 Å². The zero-order chi connectivity index (χ0) is 12.3. The largest absolute Gasteiger partial charge is 0.0991 e. The number of hydrogen-bond donors (Lipinski definition) is 0. The predicted molar refractivity (Wildman–Crippen MR) is 75.5 cm³/mol. The van der Waals surface area contributed by atoms with Gasteiger partial charge >= 0.3 is 0 Å². The smallest absolute Gasteiger partial charge is 0.0348 e. The minimum Gasteiger partial charge on any atom is -0.0991 e. The molecule has 0 saturated heterocycles. The maximum Gasteiger partial charge on any atom is -0.0348 e. The molecule has 0 aromatic heterocycles. The fraction of sp³-hybridized carbons (Fsp3) is 0.500. The van der Waals surface area contributed by atoms with Crippen LogP contribution in [0.15, 0.2) is 49.1 Å². The zero-order valence-electron chi connectivity index (χ0n) is 11.1. The summed E-state index contributed by atoms with van der Waals surface area (Å²) in [4.78, 5) is 0. The van der Waals surface area contributed by atoms with E-state index < -0.39 is 0 Å². The maximum absolute atomic E-state index is 3.61. The quantitative estimate of drug-likeness (QED) is 0.394. The van der Waals surface area contributed by atoms with Crippen LogP contribution in [0.25, 0.3) is 0 Å². The first kappa shape index (κ1) is 15.0. The van der Waals surface area contributed by atoms with E-state index in [1.54, 1.807) is 6.08 Å². The van der Waals surface area contributed by atoms with E-state index in [9.17, 15) is 0 Å². The molecule has 0 N–H and O–H groups in total. The Morgan fingerprint density at radius 3 is 2.12 bits per heavy atom. The van der Waals surface area contributed by atoms with E-state index in [0.29, 0.717) is 5.41 Å². The van der Waals surface area contributed by atoms with Gasteiger partial charge in [-0.2, -0.15) is 0 Å². The molecule has 0 atom stereocenters. The van der Waals surface area contributed by atoms with Crippen molar-refractivity contribution in [3.8, 4) is 0 Å². The lowest BCUT2D eigenvalue weighted by atomic mass is 9.89. The Morgan fingerprint density at radius 1 is 0.875 bits per heavy atom. The Kier molecular flexibility index (Phi) is 8.61. The Bertz CT molecular complexity index is 246. The van der Waals surface area contributed by atoms with Crippen molar-refractivity contribution in [3.63, 3.8) is 0 Å². The summed E-state index contributed by atoms with van der Waals surface area (Å²) < 4.78 is 0. The second-order valence-corrected chi connectivity index (χ2v) is 5.24. The Hall–Kier alpha value is -1.04. The van der Waals surface area contributed by atoms with Gasteiger partial charge in [0.15, 0.2) is 0 Å². The van der Waals surface area contributed by atoms with Gasteiger partial charge in [0.1, 0.15) is 0 Å². The molecule has 0 heteroatoms. The normalized spacial score (nSPS) is 13.2. The van der Waals surface area contributed by atoms with Crippen molar-refractivity contribution in [3.05, 3.63) is 49.1 Å². The lowest BCUT2D eigenvalue weighted by molar-refractivity contribution is 0.361. The van der Waals surface area contributed by atoms with Crippen LogP contribution in [0.5, 0.6) is 0 Å². The molecule has 0 unspecified atom stereocenters. The maximum atomic E-state index is 3.61. The van der Waals surface area contributed by atoms with E-state index in [-0.39, 0.29) is 0 Å². The van der Waals surface area contributed by atoms with Crippen molar-refractivity contribution in [2.75, 3.05) is 0 Å². The fourth-order valence-corrected chi connectivity index (χ4v) is 1.36. The van der Waals surface area contributed by atoms with Crippen molar-refractivity contribution in [1.29, 1.82) is 0 Å². The van der Waals surface area contributed by atoms with Crippen LogP contribution >= 0.6 is 0 Å². The fourth-order valence-electron chi connectivity index (χ4n) is 1.36. The second-order valence-electron chi connectivity index (χ2n) is 5.24. The van der Waals surface area contributed by atoms with Crippen LogP contribution in [-0.4, -0.2) is 0 Å². The summed E-state index contributed by atoms with van der Waals surface area (Å²) >= 11 is 0. The van der Waals surface area contributed by atoms with E-state index in [0.717, 1.165) is 0 Å². The third-order valence-corrected chi connectivity index (χ3v) is 2.26. The summed E-state index contributed by atoms with van der Waals surface area (Å²) in [6.07, 6.45) is 19.2. The summed E-state index contributed by atoms with van der Waals surface area (Å²) in [5, 5.41) is 0. The van der Waals surface area contributed by atoms with Gasteiger partial charge in [0, 0.05) is 0 Å². The molecule has 0 bridgehead atoms. The van der Waals surface area contributed by atoms with Crippen LogP contribution in [0.4, 0.5) is 0 Å². The number of unbranched alkanes of at least 4 members (excludes halogenated alkanes) is 2. The molecule has 0 heterocycles. The monoisotopic (exact) mass is 218 g/mol. The molecule has 90 valence electrons. The predicted octanol–water partition coefficient (Wildman–Crippen LogP) is 5.45. The van der Waals surface area contributed by atoms with Crippen LogP contribution in [0.2, 0.25) is 0 Å². The summed E-state index contributed by atoms with van der Waals surface area (Å²) in [6, 6.07) is 0. The van der Waals surface area contributed by atoms with Gasteiger partial charge in [0.05, 0.1) is 0 Å². The first-order chi connectivity index (χ1) is 7.56. The number of rotatable bonds is 7. The van der Waals surface area contributed by atoms with Gasteiger partial charge in [-0.05, 0) is 24.7 Å². The van der Waals surface area contributed by atoms with Crippen LogP contribution < -0.4 is 0 Å². The Morgan fingerprint density at radius 2 is 1.50 bits per heavy atom. The minimum absolute atomic E-state index is 0.485. The molecule has 0 saturated carbocycles. The number of hydrogen-bond acceptors (Lipinski definition) is 0. The molecule has 0 fully saturated rings. The van der Waals surface area contributed by atoms with Crippen LogP contribution in [0.3, 0.4) is 0 Å². The molecule has 16 heavy (non-hydrogen) atoms. The molecule has 0 spiro atoms. The van der Waals surface area contributed by atoms with Gasteiger partial charge in [-0.3, -0.25) is 0 Å². The average Bonchev–Trinajstić information content (AvgIpc) is 2.19. The SMILES string of the molecule is C=CC=CC=CC=CCCCCC(C)(C)C. The van der Waals surface area contributed by atoms with Gasteiger partial charge in [-0.15, -0.1) is 0 Å². The van der Waals surface area contributed by atoms with Gasteiger partial charge in [0.25, 0.3) is 0 Å². The standard InChI is InChI=1S/C16H26/c1-5-6-7-8-9-10-11-12-13-14-15-16(2,3)4/h5-11H,1,12-15H2,2-4H3. The van der Waals surface area contributed by atoms with Crippen molar-refractivity contribution in [2.45, 2.75) is 46.5 Å². The minimum atomic E-state index is 0.485. The first-order valence-corrected chi connectivity index (χ1v) is 6.17. The summed E-state index contributed by atoms with van der Waals surface area (Å²) in [5.41, 5.74) is 0.485. The molecule has 0 aromatic rings. The highest BCUT2D eigenvalue weighted by molar-refractivity contribution is 5.14. The van der Waals surface area contributed by atoms with E-state index in [1.165, 1.54) is 25.7 Å². The highest BCUT2D eigenvalue weighted by atomic mass is 14.1. The van der Waals surface area contributed by atoms with Crippen molar-refractivity contribution >= 4 is 0 Å². The molecular formula is C16H26. The van der Waals surface area contributed by atoms with E-state index >= 15 is 0 Å². The highest BCUT2D eigenvalue weighted by Crippen LogP contribution is 2.21. The third kappa shape index (κ3) is 13.0. The summed E-state index contributed by atoms with van der Waals surface area (Å²) in [5.74, 6) is 0. The van der Waals surface area contributed by atoms with E-state index in [4.69, 9.17) is 0 Å². The molecule has 0 aliphatic heterocycles. The molecule has 0 radical (unpaired) electrons. The van der Waals surface area contributed by atoms with Crippen LogP contribution in [-0.2, 0) is 0 Å². The molecular weight excluding hydrogens is 192 g/mol. The topological polar surface area (TPSA) is 0 Å². The second kappa shape index (κ2) is 9.21. The third-order valence-electron chi connectivity index (χ3n) is 2.26. The molecule has 0 aliphatic carbocycles. The number of allylic oxidation sites excluding steroid dienone is 7. The first-order valence-electron chi connectivity index (χ1n) is 6.17. The molecule has 0 rings (SSSR count). The van der Waals surface area contributed by atoms with Crippen molar-refractivity contribution in [2.24, 2.45) is 5.41 Å². The van der Waals surface area contributed by atoms with Gasteiger partial charge in [0.2, 0.25) is 0 Å². The van der Waals surface area contributed by atoms with Crippen molar-refractivity contribution in [1.82, 2.24) is 0 Å². The lowest BCUT2D eigenvalue weighted by Gasteiger charge is -2.16. The summed E-state index contributed by atoms with van der Waals surface area (Å²) in [7, 11) is 0. The Balaban J connectivity index is 3.45. The molecule has 0 aromatic carbocycles. The van der Waals surface area contributed by atoms with E-state index in [2.05, 4.69) is 45.6 Å².